The molecule has 1 aliphatic rings. The first-order valence-corrected chi connectivity index (χ1v) is 5.74. The van der Waals surface area contributed by atoms with Crippen molar-refractivity contribution in [3.63, 3.8) is 0 Å². The molecule has 1 heteroatoms. The van der Waals surface area contributed by atoms with Crippen molar-refractivity contribution in [2.24, 2.45) is 0 Å². The van der Waals surface area contributed by atoms with Crippen molar-refractivity contribution in [2.75, 3.05) is 0 Å². The third-order valence-corrected chi connectivity index (χ3v) is 3.51. The van der Waals surface area contributed by atoms with Gasteiger partial charge in [-0.1, -0.05) is 19.1 Å². The van der Waals surface area contributed by atoms with Crippen LogP contribution in [0.1, 0.15) is 49.7 Å². The van der Waals surface area contributed by atoms with Gasteiger partial charge < -0.3 is 0 Å². The lowest BCUT2D eigenvalue weighted by atomic mass is 9.79. The van der Waals surface area contributed by atoms with Crippen molar-refractivity contribution in [1.29, 1.82) is 0 Å². The lowest BCUT2D eigenvalue weighted by molar-refractivity contribution is 0.470. The molecule has 0 unspecified atom stereocenters. The van der Waals surface area contributed by atoms with Crippen molar-refractivity contribution in [2.45, 2.75) is 45.4 Å². The van der Waals surface area contributed by atoms with Gasteiger partial charge in [-0.2, -0.15) is 0 Å². The fourth-order valence-electron chi connectivity index (χ4n) is 2.31. The molecule has 0 saturated heterocycles. The van der Waals surface area contributed by atoms with Crippen molar-refractivity contribution in [1.82, 2.24) is 0 Å². The Balaban J connectivity index is 2.12. The van der Waals surface area contributed by atoms with E-state index in [-0.39, 0.29) is 5.82 Å². The molecule has 1 radical (unpaired) electrons. The van der Waals surface area contributed by atoms with Gasteiger partial charge in [0.15, 0.2) is 0 Å². The molecule has 0 atom stereocenters. The standard InChI is InChI=1S/C14H18F/c1-10-3-6-12(7-4-10)13-8-5-11(2)14(15)9-13/h5,8-9,12H,3-4,6-7H2,1-2H3. The van der Waals surface area contributed by atoms with E-state index >= 15 is 0 Å². The molecule has 0 amide bonds. The maximum Gasteiger partial charge on any atom is 0.126 e. The predicted octanol–water partition coefficient (Wildman–Crippen LogP) is 4.39. The fraction of sp³-hybridized carbons (Fsp3) is 0.500. The molecular weight excluding hydrogens is 187 g/mol. The number of hydrogen-bond donors (Lipinski definition) is 0. The molecule has 1 aromatic rings. The highest BCUT2D eigenvalue weighted by Gasteiger charge is 2.20. The van der Waals surface area contributed by atoms with E-state index in [0.29, 0.717) is 5.92 Å². The van der Waals surface area contributed by atoms with Crippen molar-refractivity contribution in [3.05, 3.63) is 41.1 Å². The molecule has 0 spiro atoms. The van der Waals surface area contributed by atoms with Gasteiger partial charge in [-0.3, -0.25) is 0 Å². The Morgan fingerprint density at radius 1 is 1.13 bits per heavy atom. The zero-order chi connectivity index (χ0) is 10.8. The van der Waals surface area contributed by atoms with E-state index in [9.17, 15) is 4.39 Å². The van der Waals surface area contributed by atoms with Crippen LogP contribution in [0.5, 0.6) is 0 Å². The summed E-state index contributed by atoms with van der Waals surface area (Å²) in [5.74, 6) is 2.11. The quantitative estimate of drug-likeness (QED) is 0.638. The Kier molecular flexibility index (Phi) is 3.08. The summed E-state index contributed by atoms with van der Waals surface area (Å²) in [5, 5.41) is 0. The van der Waals surface area contributed by atoms with Crippen LogP contribution in [0, 0.1) is 18.7 Å². The number of halogens is 1. The van der Waals surface area contributed by atoms with E-state index in [1.54, 1.807) is 12.0 Å². The molecule has 2 rings (SSSR count). The first-order valence-electron chi connectivity index (χ1n) is 5.74. The summed E-state index contributed by atoms with van der Waals surface area (Å²) in [6.07, 6.45) is 4.79. The molecule has 0 aliphatic heterocycles. The summed E-state index contributed by atoms with van der Waals surface area (Å²) >= 11 is 0. The number of aryl methyl sites for hydroxylation is 1. The van der Waals surface area contributed by atoms with E-state index in [2.05, 4.69) is 13.0 Å². The van der Waals surface area contributed by atoms with Gasteiger partial charge in [0.05, 0.1) is 0 Å². The maximum absolute atomic E-state index is 13.4. The molecule has 0 bridgehead atoms. The first kappa shape index (κ1) is 10.7. The van der Waals surface area contributed by atoms with Gasteiger partial charge in [0.2, 0.25) is 0 Å². The zero-order valence-electron chi connectivity index (χ0n) is 9.52. The Morgan fingerprint density at radius 2 is 1.80 bits per heavy atom. The normalized spacial score (nSPS) is 19.4. The summed E-state index contributed by atoms with van der Waals surface area (Å²) in [7, 11) is 0. The fourth-order valence-corrected chi connectivity index (χ4v) is 2.31. The van der Waals surface area contributed by atoms with E-state index in [1.165, 1.54) is 31.2 Å². The lowest BCUT2D eigenvalue weighted by Crippen LogP contribution is -2.09. The van der Waals surface area contributed by atoms with Crippen molar-refractivity contribution >= 4 is 0 Å². The second-order valence-corrected chi connectivity index (χ2v) is 4.74. The molecular formula is C14H18F. The molecule has 1 aromatic carbocycles. The van der Waals surface area contributed by atoms with E-state index < -0.39 is 0 Å². The van der Waals surface area contributed by atoms with Gasteiger partial charge >= 0.3 is 0 Å². The second-order valence-electron chi connectivity index (χ2n) is 4.74. The molecule has 1 fully saturated rings. The van der Waals surface area contributed by atoms with Crippen LogP contribution in [0.4, 0.5) is 4.39 Å². The smallest absolute Gasteiger partial charge is 0.126 e. The summed E-state index contributed by atoms with van der Waals surface area (Å²) in [5.41, 5.74) is 1.93. The molecule has 0 aromatic heterocycles. The van der Waals surface area contributed by atoms with Crippen LogP contribution in [0.3, 0.4) is 0 Å². The molecule has 1 saturated carbocycles. The molecule has 15 heavy (non-hydrogen) atoms. The van der Waals surface area contributed by atoms with Gasteiger partial charge in [-0.15, -0.1) is 0 Å². The lowest BCUT2D eigenvalue weighted by Gasteiger charge is -2.26. The van der Waals surface area contributed by atoms with Gasteiger partial charge in [0.1, 0.15) is 5.82 Å². The second kappa shape index (κ2) is 4.34. The van der Waals surface area contributed by atoms with Crippen LogP contribution in [0.25, 0.3) is 0 Å². The average molecular weight is 205 g/mol. The molecule has 1 aliphatic carbocycles. The molecule has 0 N–H and O–H groups in total. The van der Waals surface area contributed by atoms with Crippen LogP contribution in [-0.4, -0.2) is 0 Å². The number of hydrogen-bond acceptors (Lipinski definition) is 0. The van der Waals surface area contributed by atoms with Gasteiger partial charge in [-0.05, 0) is 61.6 Å². The number of benzene rings is 1. The molecule has 0 heterocycles. The van der Waals surface area contributed by atoms with Gasteiger partial charge in [0.25, 0.3) is 0 Å². The Hall–Kier alpha value is -0.850. The van der Waals surface area contributed by atoms with Gasteiger partial charge in [0, 0.05) is 0 Å². The maximum atomic E-state index is 13.4. The summed E-state index contributed by atoms with van der Waals surface area (Å²) in [6, 6.07) is 5.71. The highest BCUT2D eigenvalue weighted by atomic mass is 19.1. The molecule has 0 nitrogen and oxygen atoms in total. The Bertz CT molecular complexity index is 335. The summed E-state index contributed by atoms with van der Waals surface area (Å²) < 4.78 is 13.4. The van der Waals surface area contributed by atoms with E-state index in [1.807, 2.05) is 13.0 Å². The summed E-state index contributed by atoms with van der Waals surface area (Å²) in [6.45, 7) is 4.05. The third kappa shape index (κ3) is 2.39. The zero-order valence-corrected chi connectivity index (χ0v) is 9.52. The Morgan fingerprint density at radius 3 is 2.40 bits per heavy atom. The van der Waals surface area contributed by atoms with Crippen LogP contribution < -0.4 is 0 Å². The minimum Gasteiger partial charge on any atom is -0.207 e. The Labute approximate surface area is 91.5 Å². The minimum atomic E-state index is -0.0567. The van der Waals surface area contributed by atoms with Crippen LogP contribution in [-0.2, 0) is 0 Å². The highest BCUT2D eigenvalue weighted by molar-refractivity contribution is 5.26. The SMILES string of the molecule is C[C]1CCC(c2ccc(C)c(F)c2)CC1. The minimum absolute atomic E-state index is 0.0567. The van der Waals surface area contributed by atoms with Crippen LogP contribution in [0.15, 0.2) is 18.2 Å². The van der Waals surface area contributed by atoms with Crippen LogP contribution >= 0.6 is 0 Å². The van der Waals surface area contributed by atoms with Gasteiger partial charge in [-0.25, -0.2) is 4.39 Å². The van der Waals surface area contributed by atoms with Crippen molar-refractivity contribution in [3.8, 4) is 0 Å². The largest absolute Gasteiger partial charge is 0.207 e. The summed E-state index contributed by atoms with van der Waals surface area (Å²) in [4.78, 5) is 0. The first-order chi connectivity index (χ1) is 7.16. The third-order valence-electron chi connectivity index (χ3n) is 3.51. The highest BCUT2D eigenvalue weighted by Crippen LogP contribution is 2.36. The van der Waals surface area contributed by atoms with E-state index in [0.717, 1.165) is 5.56 Å². The van der Waals surface area contributed by atoms with E-state index in [4.69, 9.17) is 0 Å². The predicted molar refractivity (Wildman–Crippen MR) is 61.3 cm³/mol. The topological polar surface area (TPSA) is 0 Å². The monoisotopic (exact) mass is 205 g/mol. The molecule has 81 valence electrons. The average Bonchev–Trinajstić information content (AvgIpc) is 2.23. The van der Waals surface area contributed by atoms with Crippen LogP contribution in [0.2, 0.25) is 0 Å². The van der Waals surface area contributed by atoms with Crippen molar-refractivity contribution < 1.29 is 4.39 Å². The number of rotatable bonds is 1.